The number of rotatable bonds is 6. The Morgan fingerprint density at radius 2 is 1.49 bits per heavy atom. The van der Waals surface area contributed by atoms with Crippen LogP contribution in [0.2, 0.25) is 0 Å². The Labute approximate surface area is 204 Å². The van der Waals surface area contributed by atoms with Crippen LogP contribution in [0, 0.1) is 20.8 Å². The molecule has 1 amide bonds. The van der Waals surface area contributed by atoms with Gasteiger partial charge in [0.05, 0.1) is 17.2 Å². The second-order valence-corrected chi connectivity index (χ2v) is 9.97. The fourth-order valence-corrected chi connectivity index (χ4v) is 5.19. The summed E-state index contributed by atoms with van der Waals surface area (Å²) in [6, 6.07) is 17.4. The summed E-state index contributed by atoms with van der Waals surface area (Å²) in [5, 5.41) is 0.360. The minimum absolute atomic E-state index is 0.0300. The highest BCUT2D eigenvalue weighted by Gasteiger charge is 2.33. The normalized spacial score (nSPS) is 11.4. The Kier molecular flexibility index (Phi) is 6.49. The zero-order chi connectivity index (χ0) is 25.3. The van der Waals surface area contributed by atoms with Crippen LogP contribution in [-0.4, -0.2) is 26.9 Å². The van der Waals surface area contributed by atoms with E-state index in [0.29, 0.717) is 16.7 Å². The van der Waals surface area contributed by atoms with Gasteiger partial charge in [0.2, 0.25) is 0 Å². The Hall–Kier alpha value is -3.91. The van der Waals surface area contributed by atoms with Gasteiger partial charge in [-0.25, -0.2) is 13.2 Å². The molecule has 0 saturated carbocycles. The van der Waals surface area contributed by atoms with Gasteiger partial charge in [-0.05, 0) is 70.2 Å². The lowest BCUT2D eigenvalue weighted by atomic mass is 10.1. The monoisotopic (exact) mass is 491 g/mol. The van der Waals surface area contributed by atoms with Crippen molar-refractivity contribution in [1.29, 1.82) is 0 Å². The van der Waals surface area contributed by atoms with E-state index in [1.54, 1.807) is 56.3 Å². The average molecular weight is 492 g/mol. The molecule has 4 rings (SSSR count). The van der Waals surface area contributed by atoms with Gasteiger partial charge in [0.25, 0.3) is 15.9 Å². The van der Waals surface area contributed by atoms with E-state index in [0.717, 1.165) is 15.4 Å². The van der Waals surface area contributed by atoms with Crippen molar-refractivity contribution in [3.63, 3.8) is 0 Å². The van der Waals surface area contributed by atoms with Crippen molar-refractivity contribution in [2.24, 2.45) is 0 Å². The number of benzene rings is 3. The van der Waals surface area contributed by atoms with Crippen LogP contribution in [-0.2, 0) is 14.8 Å². The van der Waals surface area contributed by atoms with Gasteiger partial charge in [0, 0.05) is 10.9 Å². The van der Waals surface area contributed by atoms with Gasteiger partial charge < -0.3 is 9.15 Å². The third kappa shape index (κ3) is 4.57. The SMILES string of the molecule is CCOC(=O)c1c(C)oc2ccc(N(C(=O)c3ccc(C)cc3)S(=O)(=O)c3ccc(C)cc3)cc12. The van der Waals surface area contributed by atoms with Crippen molar-refractivity contribution in [3.8, 4) is 0 Å². The Morgan fingerprint density at radius 1 is 0.886 bits per heavy atom. The van der Waals surface area contributed by atoms with Crippen LogP contribution < -0.4 is 4.31 Å². The zero-order valence-electron chi connectivity index (χ0n) is 19.9. The maximum atomic E-state index is 13.8. The average Bonchev–Trinajstić information content (AvgIpc) is 3.15. The molecular weight excluding hydrogens is 466 g/mol. The standard InChI is InChI=1S/C27H25NO6S/c1-5-33-27(30)25-19(4)34-24-15-12-21(16-23(24)25)28(26(29)20-10-6-17(2)7-11-20)35(31,32)22-13-8-18(3)9-14-22/h6-16H,5H2,1-4H3. The summed E-state index contributed by atoms with van der Waals surface area (Å²) in [5.74, 6) is -0.963. The molecule has 0 fully saturated rings. The molecule has 0 atom stereocenters. The molecule has 1 aromatic heterocycles. The maximum absolute atomic E-state index is 13.8. The zero-order valence-corrected chi connectivity index (χ0v) is 20.7. The molecule has 0 saturated heterocycles. The largest absolute Gasteiger partial charge is 0.462 e. The van der Waals surface area contributed by atoms with Crippen LogP contribution in [0.25, 0.3) is 11.0 Å². The van der Waals surface area contributed by atoms with E-state index in [9.17, 15) is 18.0 Å². The fraction of sp³-hybridized carbons (Fsp3) is 0.185. The number of esters is 1. The number of carbonyl (C=O) groups excluding carboxylic acids is 2. The van der Waals surface area contributed by atoms with E-state index in [-0.39, 0.29) is 28.3 Å². The van der Waals surface area contributed by atoms with E-state index in [1.807, 2.05) is 13.8 Å². The van der Waals surface area contributed by atoms with Crippen molar-refractivity contribution in [2.75, 3.05) is 10.9 Å². The highest BCUT2D eigenvalue weighted by atomic mass is 32.2. The quantitative estimate of drug-likeness (QED) is 0.327. The minimum Gasteiger partial charge on any atom is -0.462 e. The third-order valence-electron chi connectivity index (χ3n) is 5.60. The number of anilines is 1. The lowest BCUT2D eigenvalue weighted by Gasteiger charge is -2.23. The van der Waals surface area contributed by atoms with Crippen LogP contribution >= 0.6 is 0 Å². The van der Waals surface area contributed by atoms with Crippen molar-refractivity contribution >= 4 is 38.6 Å². The lowest BCUT2D eigenvalue weighted by Crippen LogP contribution is -2.37. The van der Waals surface area contributed by atoms with Crippen LogP contribution in [0.4, 0.5) is 5.69 Å². The summed E-state index contributed by atoms with van der Waals surface area (Å²) in [5.41, 5.74) is 2.68. The number of carbonyl (C=O) groups is 2. The van der Waals surface area contributed by atoms with E-state index in [2.05, 4.69) is 0 Å². The van der Waals surface area contributed by atoms with Gasteiger partial charge in [-0.3, -0.25) is 4.79 Å². The van der Waals surface area contributed by atoms with Gasteiger partial charge in [-0.2, -0.15) is 4.31 Å². The van der Waals surface area contributed by atoms with Crippen molar-refractivity contribution in [3.05, 3.63) is 94.7 Å². The van der Waals surface area contributed by atoms with Gasteiger partial charge in [-0.1, -0.05) is 35.4 Å². The summed E-state index contributed by atoms with van der Waals surface area (Å²) in [4.78, 5) is 26.2. The number of nitrogens with zero attached hydrogens (tertiary/aromatic N) is 1. The Balaban J connectivity index is 1.93. The predicted molar refractivity (Wildman–Crippen MR) is 133 cm³/mol. The lowest BCUT2D eigenvalue weighted by molar-refractivity contribution is 0.0526. The summed E-state index contributed by atoms with van der Waals surface area (Å²) in [6.07, 6.45) is 0. The minimum atomic E-state index is -4.30. The third-order valence-corrected chi connectivity index (χ3v) is 7.33. The second kappa shape index (κ2) is 9.38. The molecular formula is C27H25NO6S. The number of ether oxygens (including phenoxy) is 1. The molecule has 0 bridgehead atoms. The van der Waals surface area contributed by atoms with Crippen LogP contribution in [0.3, 0.4) is 0 Å². The smallest absolute Gasteiger partial charge is 0.342 e. The number of aryl methyl sites for hydroxylation is 3. The maximum Gasteiger partial charge on any atom is 0.342 e. The topological polar surface area (TPSA) is 93.9 Å². The highest BCUT2D eigenvalue weighted by Crippen LogP contribution is 2.33. The molecule has 7 nitrogen and oxygen atoms in total. The number of sulfonamides is 1. The first-order valence-electron chi connectivity index (χ1n) is 11.1. The molecule has 0 spiro atoms. The first kappa shape index (κ1) is 24.2. The van der Waals surface area contributed by atoms with Crippen molar-refractivity contribution < 1.29 is 27.2 Å². The van der Waals surface area contributed by atoms with Crippen molar-refractivity contribution in [1.82, 2.24) is 0 Å². The van der Waals surface area contributed by atoms with Crippen LogP contribution in [0.5, 0.6) is 0 Å². The van der Waals surface area contributed by atoms with Gasteiger partial charge in [0.1, 0.15) is 16.9 Å². The van der Waals surface area contributed by atoms with E-state index in [4.69, 9.17) is 9.15 Å². The van der Waals surface area contributed by atoms with E-state index >= 15 is 0 Å². The van der Waals surface area contributed by atoms with E-state index in [1.165, 1.54) is 24.3 Å². The summed E-state index contributed by atoms with van der Waals surface area (Å²) in [6.45, 7) is 7.21. The first-order valence-corrected chi connectivity index (χ1v) is 12.5. The molecule has 4 aromatic rings. The molecule has 3 aromatic carbocycles. The van der Waals surface area contributed by atoms with Crippen LogP contribution in [0.1, 0.15) is 44.5 Å². The van der Waals surface area contributed by atoms with E-state index < -0.39 is 21.9 Å². The second-order valence-electron chi connectivity index (χ2n) is 8.19. The molecule has 1 heterocycles. The fourth-order valence-electron chi connectivity index (χ4n) is 3.79. The number of fused-ring (bicyclic) bond motifs is 1. The molecule has 0 aliphatic carbocycles. The summed E-state index contributed by atoms with van der Waals surface area (Å²) in [7, 11) is -4.30. The Bertz CT molecular complexity index is 1520. The molecule has 0 unspecified atom stereocenters. The summed E-state index contributed by atoms with van der Waals surface area (Å²) >= 11 is 0. The predicted octanol–water partition coefficient (Wildman–Crippen LogP) is 5.57. The number of furan rings is 1. The van der Waals surface area contributed by atoms with Gasteiger partial charge in [0.15, 0.2) is 0 Å². The molecule has 0 aliphatic rings. The molecule has 180 valence electrons. The first-order chi connectivity index (χ1) is 16.6. The molecule has 8 heteroatoms. The highest BCUT2D eigenvalue weighted by molar-refractivity contribution is 7.93. The Morgan fingerprint density at radius 3 is 2.09 bits per heavy atom. The molecule has 35 heavy (non-hydrogen) atoms. The number of hydrogen-bond donors (Lipinski definition) is 0. The number of amides is 1. The molecule has 0 aliphatic heterocycles. The number of hydrogen-bond acceptors (Lipinski definition) is 6. The molecule has 0 N–H and O–H groups in total. The van der Waals surface area contributed by atoms with Crippen LogP contribution in [0.15, 0.2) is 76.0 Å². The summed E-state index contributed by atoms with van der Waals surface area (Å²) < 4.78 is 39.2. The molecule has 0 radical (unpaired) electrons. The van der Waals surface area contributed by atoms with Gasteiger partial charge >= 0.3 is 5.97 Å². The van der Waals surface area contributed by atoms with Crippen molar-refractivity contribution in [2.45, 2.75) is 32.6 Å². The van der Waals surface area contributed by atoms with Gasteiger partial charge in [-0.15, -0.1) is 0 Å².